The van der Waals surface area contributed by atoms with Gasteiger partial charge in [-0.1, -0.05) is 30.3 Å². The van der Waals surface area contributed by atoms with Gasteiger partial charge in [-0.05, 0) is 37.1 Å². The van der Waals surface area contributed by atoms with Crippen LogP contribution in [0.5, 0.6) is 11.5 Å². The zero-order chi connectivity index (χ0) is 14.5. The van der Waals surface area contributed by atoms with E-state index in [4.69, 9.17) is 9.47 Å². The lowest BCUT2D eigenvalue weighted by molar-refractivity contribution is 0.105. The van der Waals surface area contributed by atoms with E-state index in [-0.39, 0.29) is 6.61 Å². The van der Waals surface area contributed by atoms with Crippen LogP contribution in [0.3, 0.4) is 0 Å². The summed E-state index contributed by atoms with van der Waals surface area (Å²) in [6.45, 7) is 4.21. The average Bonchev–Trinajstić information content (AvgIpc) is 2.48. The van der Waals surface area contributed by atoms with Crippen molar-refractivity contribution in [3.8, 4) is 11.5 Å². The van der Waals surface area contributed by atoms with Gasteiger partial charge in [0.15, 0.2) is 0 Å². The molecule has 20 heavy (non-hydrogen) atoms. The Morgan fingerprint density at radius 2 is 1.75 bits per heavy atom. The number of aryl methyl sites for hydroxylation is 1. The molecule has 106 valence electrons. The van der Waals surface area contributed by atoms with Gasteiger partial charge in [0.1, 0.15) is 24.2 Å². The molecule has 2 aromatic carbocycles. The molecule has 2 aromatic rings. The number of hydrogen-bond donors (Lipinski definition) is 1. The lowest BCUT2D eigenvalue weighted by atomic mass is 10.0. The lowest BCUT2D eigenvalue weighted by Crippen LogP contribution is -2.11. The minimum Gasteiger partial charge on any atom is -0.496 e. The molecule has 3 nitrogen and oxygen atoms in total. The summed E-state index contributed by atoms with van der Waals surface area (Å²) < 4.78 is 11.0. The molecule has 0 fully saturated rings. The number of hydrogen-bond acceptors (Lipinski definition) is 3. The SMILES string of the molecule is COc1c(C(O)COc2ccccc2)ccc(C)c1C. The molecule has 1 unspecified atom stereocenters. The summed E-state index contributed by atoms with van der Waals surface area (Å²) in [7, 11) is 1.62. The largest absolute Gasteiger partial charge is 0.496 e. The first-order valence-corrected chi connectivity index (χ1v) is 6.63. The molecule has 0 heterocycles. The summed E-state index contributed by atoms with van der Waals surface area (Å²) in [5.41, 5.74) is 2.94. The predicted molar refractivity (Wildman–Crippen MR) is 79.4 cm³/mol. The van der Waals surface area contributed by atoms with E-state index >= 15 is 0 Å². The van der Waals surface area contributed by atoms with Gasteiger partial charge in [-0.2, -0.15) is 0 Å². The van der Waals surface area contributed by atoms with Crippen LogP contribution in [-0.2, 0) is 0 Å². The monoisotopic (exact) mass is 272 g/mol. The van der Waals surface area contributed by atoms with Gasteiger partial charge in [-0.15, -0.1) is 0 Å². The fourth-order valence-electron chi connectivity index (χ4n) is 2.13. The third-order valence-corrected chi connectivity index (χ3v) is 3.42. The summed E-state index contributed by atoms with van der Waals surface area (Å²) >= 11 is 0. The molecule has 0 saturated heterocycles. The maximum atomic E-state index is 10.3. The molecule has 0 aliphatic rings. The summed E-state index contributed by atoms with van der Waals surface area (Å²) in [6, 6.07) is 13.3. The van der Waals surface area contributed by atoms with E-state index < -0.39 is 6.10 Å². The molecule has 1 atom stereocenters. The molecule has 0 radical (unpaired) electrons. The Bertz CT molecular complexity index is 564. The third-order valence-electron chi connectivity index (χ3n) is 3.42. The highest BCUT2D eigenvalue weighted by Crippen LogP contribution is 2.31. The first-order valence-electron chi connectivity index (χ1n) is 6.63. The van der Waals surface area contributed by atoms with E-state index in [9.17, 15) is 5.11 Å². The van der Waals surface area contributed by atoms with Crippen molar-refractivity contribution in [2.24, 2.45) is 0 Å². The maximum Gasteiger partial charge on any atom is 0.127 e. The topological polar surface area (TPSA) is 38.7 Å². The van der Waals surface area contributed by atoms with Crippen molar-refractivity contribution in [3.63, 3.8) is 0 Å². The fourth-order valence-corrected chi connectivity index (χ4v) is 2.13. The second-order valence-corrected chi connectivity index (χ2v) is 4.77. The number of aliphatic hydroxyl groups is 1. The first kappa shape index (κ1) is 14.4. The van der Waals surface area contributed by atoms with E-state index in [0.29, 0.717) is 0 Å². The van der Waals surface area contributed by atoms with Gasteiger partial charge in [-0.25, -0.2) is 0 Å². The van der Waals surface area contributed by atoms with Gasteiger partial charge in [-0.3, -0.25) is 0 Å². The zero-order valence-electron chi connectivity index (χ0n) is 12.1. The molecule has 0 aliphatic heterocycles. The third kappa shape index (κ3) is 3.11. The van der Waals surface area contributed by atoms with Crippen LogP contribution in [0.2, 0.25) is 0 Å². The molecule has 2 rings (SSSR count). The lowest BCUT2D eigenvalue weighted by Gasteiger charge is -2.18. The number of benzene rings is 2. The Labute approximate surface area is 119 Å². The normalized spacial score (nSPS) is 12.0. The Kier molecular flexibility index (Phi) is 4.64. The molecule has 3 heteroatoms. The second-order valence-electron chi connectivity index (χ2n) is 4.77. The Balaban J connectivity index is 2.13. The van der Waals surface area contributed by atoms with E-state index in [1.165, 1.54) is 0 Å². The van der Waals surface area contributed by atoms with E-state index in [1.54, 1.807) is 7.11 Å². The standard InChI is InChI=1S/C17H20O3/c1-12-9-10-15(17(19-3)13(12)2)16(18)11-20-14-7-5-4-6-8-14/h4-10,16,18H,11H2,1-3H3. The summed E-state index contributed by atoms with van der Waals surface area (Å²) in [6.07, 6.45) is -0.718. The Morgan fingerprint density at radius 1 is 1.05 bits per heavy atom. The molecule has 1 N–H and O–H groups in total. The quantitative estimate of drug-likeness (QED) is 0.906. The van der Waals surface area contributed by atoms with Crippen LogP contribution in [0.4, 0.5) is 0 Å². The molecule has 0 saturated carbocycles. The molecule has 0 aromatic heterocycles. The van der Waals surface area contributed by atoms with Crippen LogP contribution in [-0.4, -0.2) is 18.8 Å². The highest BCUT2D eigenvalue weighted by Gasteiger charge is 2.16. The number of rotatable bonds is 5. The Morgan fingerprint density at radius 3 is 2.40 bits per heavy atom. The number of para-hydroxylation sites is 1. The van der Waals surface area contributed by atoms with E-state index in [0.717, 1.165) is 28.2 Å². The van der Waals surface area contributed by atoms with Crippen molar-refractivity contribution in [1.29, 1.82) is 0 Å². The number of methoxy groups -OCH3 is 1. The number of aliphatic hydroxyl groups excluding tert-OH is 1. The minimum absolute atomic E-state index is 0.197. The minimum atomic E-state index is -0.718. The summed E-state index contributed by atoms with van der Waals surface area (Å²) in [5, 5.41) is 10.3. The fraction of sp³-hybridized carbons (Fsp3) is 0.294. The van der Waals surface area contributed by atoms with Crippen LogP contribution in [0.1, 0.15) is 22.8 Å². The average molecular weight is 272 g/mol. The summed E-state index contributed by atoms with van der Waals surface area (Å²) in [5.74, 6) is 1.48. The van der Waals surface area contributed by atoms with Crippen LogP contribution in [0.25, 0.3) is 0 Å². The highest BCUT2D eigenvalue weighted by molar-refractivity contribution is 5.46. The maximum absolute atomic E-state index is 10.3. The van der Waals surface area contributed by atoms with Crippen molar-refractivity contribution in [2.45, 2.75) is 20.0 Å². The summed E-state index contributed by atoms with van der Waals surface area (Å²) in [4.78, 5) is 0. The van der Waals surface area contributed by atoms with Crippen LogP contribution in [0, 0.1) is 13.8 Å². The van der Waals surface area contributed by atoms with Crippen molar-refractivity contribution >= 4 is 0 Å². The van der Waals surface area contributed by atoms with Crippen molar-refractivity contribution in [1.82, 2.24) is 0 Å². The molecule has 0 spiro atoms. The van der Waals surface area contributed by atoms with Crippen LogP contribution in [0.15, 0.2) is 42.5 Å². The smallest absolute Gasteiger partial charge is 0.127 e. The molecular weight excluding hydrogens is 252 g/mol. The predicted octanol–water partition coefficient (Wildman–Crippen LogP) is 3.42. The van der Waals surface area contributed by atoms with Gasteiger partial charge in [0.05, 0.1) is 7.11 Å². The zero-order valence-corrected chi connectivity index (χ0v) is 12.1. The molecule has 0 bridgehead atoms. The van der Waals surface area contributed by atoms with Crippen molar-refractivity contribution in [3.05, 3.63) is 59.2 Å². The van der Waals surface area contributed by atoms with Gasteiger partial charge >= 0.3 is 0 Å². The van der Waals surface area contributed by atoms with Gasteiger partial charge < -0.3 is 14.6 Å². The van der Waals surface area contributed by atoms with Crippen molar-refractivity contribution in [2.75, 3.05) is 13.7 Å². The van der Waals surface area contributed by atoms with Crippen LogP contribution >= 0.6 is 0 Å². The Hall–Kier alpha value is -2.00. The number of ether oxygens (including phenoxy) is 2. The van der Waals surface area contributed by atoms with E-state index in [2.05, 4.69) is 0 Å². The molecule has 0 aliphatic carbocycles. The molecule has 0 amide bonds. The second kappa shape index (κ2) is 6.44. The van der Waals surface area contributed by atoms with Gasteiger partial charge in [0, 0.05) is 5.56 Å². The van der Waals surface area contributed by atoms with Gasteiger partial charge in [0.2, 0.25) is 0 Å². The molecular formula is C17H20O3. The first-order chi connectivity index (χ1) is 9.63. The highest BCUT2D eigenvalue weighted by atomic mass is 16.5. The van der Waals surface area contributed by atoms with Crippen molar-refractivity contribution < 1.29 is 14.6 Å². The van der Waals surface area contributed by atoms with E-state index in [1.807, 2.05) is 56.3 Å². The van der Waals surface area contributed by atoms with Gasteiger partial charge in [0.25, 0.3) is 0 Å². The van der Waals surface area contributed by atoms with Crippen LogP contribution < -0.4 is 9.47 Å².